The Hall–Kier alpha value is -3.48. The van der Waals surface area contributed by atoms with Crippen LogP contribution in [0.3, 0.4) is 0 Å². The van der Waals surface area contributed by atoms with Crippen molar-refractivity contribution < 1.29 is 13.2 Å². The predicted molar refractivity (Wildman–Crippen MR) is 97.5 cm³/mol. The van der Waals surface area contributed by atoms with Crippen molar-refractivity contribution in [2.24, 2.45) is 0 Å². The van der Waals surface area contributed by atoms with E-state index in [0.717, 1.165) is 28.6 Å². The van der Waals surface area contributed by atoms with E-state index in [0.29, 0.717) is 17.2 Å². The highest BCUT2D eigenvalue weighted by Gasteiger charge is 2.29. The Morgan fingerprint density at radius 3 is 2.41 bits per heavy atom. The Labute approximate surface area is 152 Å². The summed E-state index contributed by atoms with van der Waals surface area (Å²) < 4.78 is 38.0. The van der Waals surface area contributed by atoms with Crippen LogP contribution in [0.5, 0.6) is 0 Å². The van der Waals surface area contributed by atoms with Gasteiger partial charge in [0.25, 0.3) is 0 Å². The zero-order valence-corrected chi connectivity index (χ0v) is 13.9. The molecule has 0 saturated heterocycles. The van der Waals surface area contributed by atoms with Crippen LogP contribution >= 0.6 is 0 Å². The predicted octanol–water partition coefficient (Wildman–Crippen LogP) is 5.45. The van der Waals surface area contributed by atoms with E-state index in [4.69, 9.17) is 0 Å². The summed E-state index contributed by atoms with van der Waals surface area (Å²) in [5.74, 6) is 0.431. The maximum Gasteiger partial charge on any atom is 0.416 e. The molecule has 0 radical (unpaired) electrons. The van der Waals surface area contributed by atoms with Crippen molar-refractivity contribution in [3.8, 4) is 11.3 Å². The number of hydrogen-bond acceptors (Lipinski definition) is 4. The molecule has 0 unspecified atom stereocenters. The summed E-state index contributed by atoms with van der Waals surface area (Å²) in [5.41, 5.74) is 2.05. The third kappa shape index (κ3) is 3.57. The third-order valence-corrected chi connectivity index (χ3v) is 4.03. The fourth-order valence-corrected chi connectivity index (χ4v) is 2.76. The highest BCUT2D eigenvalue weighted by Crippen LogP contribution is 2.30. The number of fused-ring (bicyclic) bond motifs is 1. The number of halogens is 3. The topological polar surface area (TPSA) is 50.7 Å². The molecule has 0 fully saturated rings. The summed E-state index contributed by atoms with van der Waals surface area (Å²) in [7, 11) is 0. The smallest absolute Gasteiger partial charge is 0.339 e. The summed E-state index contributed by atoms with van der Waals surface area (Å²) in [6, 6.07) is 14.4. The van der Waals surface area contributed by atoms with Gasteiger partial charge in [-0.1, -0.05) is 24.3 Å². The maximum absolute atomic E-state index is 12.7. The Bertz CT molecular complexity index is 1090. The lowest BCUT2D eigenvalue weighted by Gasteiger charge is -2.10. The number of rotatable bonds is 3. The number of benzene rings is 2. The molecule has 0 bridgehead atoms. The van der Waals surface area contributed by atoms with Crippen LogP contribution in [-0.2, 0) is 6.18 Å². The molecule has 27 heavy (non-hydrogen) atoms. The van der Waals surface area contributed by atoms with Gasteiger partial charge in [-0.15, -0.1) is 0 Å². The molecule has 134 valence electrons. The van der Waals surface area contributed by atoms with Gasteiger partial charge in [-0.05, 0) is 30.3 Å². The molecule has 0 aliphatic heterocycles. The Morgan fingerprint density at radius 2 is 1.63 bits per heavy atom. The van der Waals surface area contributed by atoms with Crippen LogP contribution in [0.15, 0.2) is 73.2 Å². The SMILES string of the molecule is FC(F)(F)c1ccc(Nc2cncc(-c3cccc4cccnc34)n2)cc1. The standard InChI is InChI=1S/C20H13F3N4/c21-20(22,23)14-6-8-15(9-7-14)26-18-12-24-11-17(27-18)16-5-1-3-13-4-2-10-25-19(13)16/h1-12H,(H,26,27). The molecule has 0 spiro atoms. The number of nitrogens with one attached hydrogen (secondary N) is 1. The molecule has 2 aromatic carbocycles. The number of alkyl halides is 3. The van der Waals surface area contributed by atoms with E-state index in [1.54, 1.807) is 12.4 Å². The van der Waals surface area contributed by atoms with E-state index < -0.39 is 11.7 Å². The van der Waals surface area contributed by atoms with Crippen molar-refractivity contribution in [2.45, 2.75) is 6.18 Å². The lowest BCUT2D eigenvalue weighted by atomic mass is 10.1. The van der Waals surface area contributed by atoms with Crippen LogP contribution in [0.2, 0.25) is 0 Å². The minimum atomic E-state index is -4.36. The summed E-state index contributed by atoms with van der Waals surface area (Å²) in [6.45, 7) is 0. The number of hydrogen-bond donors (Lipinski definition) is 1. The first kappa shape index (κ1) is 17.0. The lowest BCUT2D eigenvalue weighted by molar-refractivity contribution is -0.137. The fourth-order valence-electron chi connectivity index (χ4n) is 2.76. The number of pyridine rings is 1. The maximum atomic E-state index is 12.7. The lowest BCUT2D eigenvalue weighted by Crippen LogP contribution is -2.04. The first-order valence-corrected chi connectivity index (χ1v) is 8.11. The fraction of sp³-hybridized carbons (Fsp3) is 0.0500. The highest BCUT2D eigenvalue weighted by atomic mass is 19.4. The van der Waals surface area contributed by atoms with Crippen LogP contribution < -0.4 is 5.32 Å². The molecule has 2 heterocycles. The molecule has 1 N–H and O–H groups in total. The molecule has 0 amide bonds. The number of aromatic nitrogens is 3. The molecule has 7 heteroatoms. The van der Waals surface area contributed by atoms with Crippen molar-refractivity contribution in [3.63, 3.8) is 0 Å². The number of nitrogens with zero attached hydrogens (tertiary/aromatic N) is 3. The molecule has 4 rings (SSSR count). The van der Waals surface area contributed by atoms with Gasteiger partial charge in [0.05, 0.1) is 29.2 Å². The van der Waals surface area contributed by atoms with Crippen LogP contribution in [0.1, 0.15) is 5.56 Å². The van der Waals surface area contributed by atoms with Crippen molar-refractivity contribution in [3.05, 3.63) is 78.8 Å². The normalized spacial score (nSPS) is 11.5. The first-order chi connectivity index (χ1) is 13.0. The van der Waals surface area contributed by atoms with Gasteiger partial charge < -0.3 is 5.32 Å². The highest BCUT2D eigenvalue weighted by molar-refractivity contribution is 5.92. The average molecular weight is 366 g/mol. The third-order valence-electron chi connectivity index (χ3n) is 4.03. The monoisotopic (exact) mass is 366 g/mol. The van der Waals surface area contributed by atoms with Gasteiger partial charge in [-0.25, -0.2) is 4.98 Å². The van der Waals surface area contributed by atoms with E-state index >= 15 is 0 Å². The molecule has 0 aliphatic rings. The van der Waals surface area contributed by atoms with Crippen LogP contribution in [-0.4, -0.2) is 15.0 Å². The van der Waals surface area contributed by atoms with Crippen LogP contribution in [0, 0.1) is 0 Å². The Balaban J connectivity index is 1.65. The van der Waals surface area contributed by atoms with Gasteiger partial charge in [-0.2, -0.15) is 13.2 Å². The van der Waals surface area contributed by atoms with E-state index in [2.05, 4.69) is 20.3 Å². The second-order valence-electron chi connectivity index (χ2n) is 5.87. The second-order valence-corrected chi connectivity index (χ2v) is 5.87. The van der Waals surface area contributed by atoms with Gasteiger partial charge in [0.2, 0.25) is 0 Å². The average Bonchev–Trinajstić information content (AvgIpc) is 2.67. The minimum absolute atomic E-state index is 0.431. The molecule has 4 nitrogen and oxygen atoms in total. The molecule has 0 atom stereocenters. The molecular formula is C20H13F3N4. The largest absolute Gasteiger partial charge is 0.416 e. The van der Waals surface area contributed by atoms with E-state index in [1.165, 1.54) is 18.3 Å². The van der Waals surface area contributed by atoms with Crippen LogP contribution in [0.4, 0.5) is 24.7 Å². The van der Waals surface area contributed by atoms with Gasteiger partial charge >= 0.3 is 6.18 Å². The summed E-state index contributed by atoms with van der Waals surface area (Å²) >= 11 is 0. The Morgan fingerprint density at radius 1 is 0.852 bits per heavy atom. The summed E-state index contributed by atoms with van der Waals surface area (Å²) in [4.78, 5) is 13.1. The van der Waals surface area contributed by atoms with Crippen molar-refractivity contribution in [2.75, 3.05) is 5.32 Å². The first-order valence-electron chi connectivity index (χ1n) is 8.11. The molecule has 0 aliphatic carbocycles. The molecular weight excluding hydrogens is 353 g/mol. The summed E-state index contributed by atoms with van der Waals surface area (Å²) in [5, 5.41) is 3.96. The van der Waals surface area contributed by atoms with Crippen molar-refractivity contribution >= 4 is 22.4 Å². The summed E-state index contributed by atoms with van der Waals surface area (Å²) in [6.07, 6.45) is 0.490. The second kappa shape index (κ2) is 6.68. The van der Waals surface area contributed by atoms with E-state index in [1.807, 2.05) is 30.3 Å². The van der Waals surface area contributed by atoms with E-state index in [-0.39, 0.29) is 0 Å². The van der Waals surface area contributed by atoms with E-state index in [9.17, 15) is 13.2 Å². The zero-order chi connectivity index (χ0) is 18.9. The molecule has 2 aromatic heterocycles. The molecule has 4 aromatic rings. The Kier molecular flexibility index (Phi) is 4.19. The number of anilines is 2. The van der Waals surface area contributed by atoms with Gasteiger partial charge in [-0.3, -0.25) is 9.97 Å². The quantitative estimate of drug-likeness (QED) is 0.523. The molecule has 0 saturated carbocycles. The van der Waals surface area contributed by atoms with Gasteiger partial charge in [0.15, 0.2) is 0 Å². The van der Waals surface area contributed by atoms with Crippen molar-refractivity contribution in [1.82, 2.24) is 15.0 Å². The van der Waals surface area contributed by atoms with Gasteiger partial charge in [0, 0.05) is 22.8 Å². The minimum Gasteiger partial charge on any atom is -0.339 e. The van der Waals surface area contributed by atoms with Crippen LogP contribution in [0.25, 0.3) is 22.2 Å². The van der Waals surface area contributed by atoms with Gasteiger partial charge in [0.1, 0.15) is 5.82 Å². The number of para-hydroxylation sites is 1. The zero-order valence-electron chi connectivity index (χ0n) is 13.9. The van der Waals surface area contributed by atoms with Crippen molar-refractivity contribution in [1.29, 1.82) is 0 Å².